The van der Waals surface area contributed by atoms with Gasteiger partial charge in [-0.05, 0) is 36.4 Å². The van der Waals surface area contributed by atoms with Crippen LogP contribution in [0.4, 0.5) is 11.4 Å². The Hall–Kier alpha value is -3.67. The lowest BCUT2D eigenvalue weighted by atomic mass is 10.1. The smallest absolute Gasteiger partial charge is 0.273 e. The van der Waals surface area contributed by atoms with Gasteiger partial charge < -0.3 is 10.1 Å². The second-order valence-corrected chi connectivity index (χ2v) is 5.55. The van der Waals surface area contributed by atoms with Crippen molar-refractivity contribution in [1.82, 2.24) is 0 Å². The van der Waals surface area contributed by atoms with Gasteiger partial charge in [0.2, 0.25) is 5.91 Å². The van der Waals surface area contributed by atoms with Crippen molar-refractivity contribution in [2.75, 3.05) is 5.32 Å². The van der Waals surface area contributed by atoms with E-state index in [-0.39, 0.29) is 18.0 Å². The lowest BCUT2D eigenvalue weighted by Crippen LogP contribution is -2.15. The van der Waals surface area contributed by atoms with Crippen molar-refractivity contribution >= 4 is 17.3 Å². The summed E-state index contributed by atoms with van der Waals surface area (Å²) in [5.41, 5.74) is 0.905. The number of nitro benzene ring substituents is 1. The quantitative estimate of drug-likeness (QED) is 0.523. The number of carbonyl (C=O) groups is 1. The van der Waals surface area contributed by atoms with Crippen LogP contribution in [-0.2, 0) is 11.2 Å². The number of para-hydroxylation sites is 2. The summed E-state index contributed by atoms with van der Waals surface area (Å²) in [6.45, 7) is 0. The summed E-state index contributed by atoms with van der Waals surface area (Å²) in [7, 11) is 0. The van der Waals surface area contributed by atoms with Crippen LogP contribution in [0.1, 0.15) is 5.56 Å². The minimum absolute atomic E-state index is 0.0609. The van der Waals surface area contributed by atoms with E-state index in [2.05, 4.69) is 5.32 Å². The van der Waals surface area contributed by atoms with E-state index in [1.165, 1.54) is 6.07 Å². The number of carbonyl (C=O) groups excluding carboxylic acids is 1. The summed E-state index contributed by atoms with van der Waals surface area (Å²) in [5, 5.41) is 13.7. The Morgan fingerprint density at radius 2 is 1.50 bits per heavy atom. The molecule has 0 atom stereocenters. The highest BCUT2D eigenvalue weighted by Crippen LogP contribution is 2.23. The third kappa shape index (κ3) is 4.45. The number of rotatable bonds is 6. The summed E-state index contributed by atoms with van der Waals surface area (Å²) in [4.78, 5) is 22.7. The Bertz CT molecular complexity index is 909. The molecule has 0 aromatic heterocycles. The van der Waals surface area contributed by atoms with Gasteiger partial charge in [-0.1, -0.05) is 36.4 Å². The molecule has 3 rings (SSSR count). The fourth-order valence-electron chi connectivity index (χ4n) is 2.45. The van der Waals surface area contributed by atoms with Crippen LogP contribution in [0.15, 0.2) is 78.9 Å². The zero-order valence-corrected chi connectivity index (χ0v) is 13.8. The van der Waals surface area contributed by atoms with Crippen LogP contribution in [0.2, 0.25) is 0 Å². The van der Waals surface area contributed by atoms with Crippen molar-refractivity contribution in [3.8, 4) is 11.5 Å². The van der Waals surface area contributed by atoms with E-state index in [1.54, 1.807) is 42.5 Å². The van der Waals surface area contributed by atoms with Gasteiger partial charge in [0.25, 0.3) is 5.69 Å². The SMILES string of the molecule is O=C(Cc1ccccc1[N+](=O)[O-])Nc1ccc(Oc2ccccc2)cc1. The van der Waals surface area contributed by atoms with Crippen molar-refractivity contribution in [2.24, 2.45) is 0 Å². The highest BCUT2D eigenvalue weighted by Gasteiger charge is 2.15. The fraction of sp³-hybridized carbons (Fsp3) is 0.0500. The number of hydrogen-bond acceptors (Lipinski definition) is 4. The predicted molar refractivity (Wildman–Crippen MR) is 98.4 cm³/mol. The van der Waals surface area contributed by atoms with Crippen LogP contribution in [0.25, 0.3) is 0 Å². The number of nitrogens with zero attached hydrogens (tertiary/aromatic N) is 1. The number of hydrogen-bond donors (Lipinski definition) is 1. The molecule has 0 aliphatic heterocycles. The molecule has 1 amide bonds. The largest absolute Gasteiger partial charge is 0.457 e. The predicted octanol–water partition coefficient (Wildman–Crippen LogP) is 4.57. The molecule has 0 radical (unpaired) electrons. The Labute approximate surface area is 150 Å². The minimum Gasteiger partial charge on any atom is -0.457 e. The maximum absolute atomic E-state index is 12.2. The van der Waals surface area contributed by atoms with E-state index in [0.29, 0.717) is 17.0 Å². The second-order valence-electron chi connectivity index (χ2n) is 5.55. The molecule has 6 heteroatoms. The van der Waals surface area contributed by atoms with Gasteiger partial charge in [-0.3, -0.25) is 14.9 Å². The summed E-state index contributed by atoms with van der Waals surface area (Å²) in [5.74, 6) is 1.05. The Morgan fingerprint density at radius 3 is 2.19 bits per heavy atom. The zero-order chi connectivity index (χ0) is 18.4. The number of benzene rings is 3. The van der Waals surface area contributed by atoms with Crippen molar-refractivity contribution < 1.29 is 14.5 Å². The minimum atomic E-state index is -0.488. The second kappa shape index (κ2) is 7.94. The lowest BCUT2D eigenvalue weighted by Gasteiger charge is -2.08. The van der Waals surface area contributed by atoms with Gasteiger partial charge in [0.15, 0.2) is 0 Å². The molecule has 26 heavy (non-hydrogen) atoms. The number of ether oxygens (including phenoxy) is 1. The van der Waals surface area contributed by atoms with Gasteiger partial charge in [0.1, 0.15) is 11.5 Å². The average molecular weight is 348 g/mol. The van der Waals surface area contributed by atoms with Crippen LogP contribution in [0.5, 0.6) is 11.5 Å². The van der Waals surface area contributed by atoms with Crippen LogP contribution in [-0.4, -0.2) is 10.8 Å². The van der Waals surface area contributed by atoms with E-state index in [0.717, 1.165) is 5.75 Å². The van der Waals surface area contributed by atoms with E-state index in [9.17, 15) is 14.9 Å². The molecule has 0 saturated carbocycles. The van der Waals surface area contributed by atoms with E-state index < -0.39 is 4.92 Å². The third-order valence-electron chi connectivity index (χ3n) is 3.66. The maximum Gasteiger partial charge on any atom is 0.273 e. The topological polar surface area (TPSA) is 81.5 Å². The van der Waals surface area contributed by atoms with Gasteiger partial charge in [-0.2, -0.15) is 0 Å². The summed E-state index contributed by atoms with van der Waals surface area (Å²) < 4.78 is 5.69. The van der Waals surface area contributed by atoms with Gasteiger partial charge in [0, 0.05) is 17.3 Å². The molecule has 0 saturated heterocycles. The molecule has 1 N–H and O–H groups in total. The van der Waals surface area contributed by atoms with E-state index in [4.69, 9.17) is 4.74 Å². The normalized spacial score (nSPS) is 10.2. The molecule has 0 bridgehead atoms. The highest BCUT2D eigenvalue weighted by molar-refractivity contribution is 5.92. The molecular weight excluding hydrogens is 332 g/mol. The standard InChI is InChI=1S/C20H16N2O4/c23-20(14-15-6-4-5-9-19(15)22(24)25)21-16-10-12-18(13-11-16)26-17-7-2-1-3-8-17/h1-13H,14H2,(H,21,23). The first kappa shape index (κ1) is 17.2. The van der Waals surface area contributed by atoms with Crippen LogP contribution in [0.3, 0.4) is 0 Å². The van der Waals surface area contributed by atoms with Crippen molar-refractivity contribution in [3.63, 3.8) is 0 Å². The van der Waals surface area contributed by atoms with Gasteiger partial charge >= 0.3 is 0 Å². The molecule has 0 aliphatic rings. The molecule has 0 aliphatic carbocycles. The Balaban J connectivity index is 1.62. The Morgan fingerprint density at radius 1 is 0.885 bits per heavy atom. The molecule has 130 valence electrons. The third-order valence-corrected chi connectivity index (χ3v) is 3.66. The van der Waals surface area contributed by atoms with E-state index in [1.807, 2.05) is 30.3 Å². The van der Waals surface area contributed by atoms with Crippen molar-refractivity contribution in [1.29, 1.82) is 0 Å². The first-order valence-electron chi connectivity index (χ1n) is 7.97. The molecular formula is C20H16N2O4. The summed E-state index contributed by atoms with van der Waals surface area (Å²) >= 11 is 0. The number of amides is 1. The molecule has 0 fully saturated rings. The van der Waals surface area contributed by atoms with Crippen LogP contribution < -0.4 is 10.1 Å². The molecule has 0 unspecified atom stereocenters. The summed E-state index contributed by atoms with van der Waals surface area (Å²) in [6, 6.07) is 22.5. The van der Waals surface area contributed by atoms with E-state index >= 15 is 0 Å². The van der Waals surface area contributed by atoms with Gasteiger partial charge in [0.05, 0.1) is 11.3 Å². The van der Waals surface area contributed by atoms with Crippen molar-refractivity contribution in [3.05, 3.63) is 94.5 Å². The molecule has 3 aromatic carbocycles. The molecule has 0 heterocycles. The first-order chi connectivity index (χ1) is 12.6. The maximum atomic E-state index is 12.2. The fourth-order valence-corrected chi connectivity index (χ4v) is 2.45. The molecule has 3 aromatic rings. The molecule has 0 spiro atoms. The van der Waals surface area contributed by atoms with Crippen LogP contribution in [0, 0.1) is 10.1 Å². The lowest BCUT2D eigenvalue weighted by molar-refractivity contribution is -0.385. The Kier molecular flexibility index (Phi) is 5.24. The van der Waals surface area contributed by atoms with Gasteiger partial charge in [-0.15, -0.1) is 0 Å². The number of nitro groups is 1. The monoisotopic (exact) mass is 348 g/mol. The average Bonchev–Trinajstić information content (AvgIpc) is 2.64. The number of anilines is 1. The van der Waals surface area contributed by atoms with Crippen LogP contribution >= 0.6 is 0 Å². The van der Waals surface area contributed by atoms with Gasteiger partial charge in [-0.25, -0.2) is 0 Å². The zero-order valence-electron chi connectivity index (χ0n) is 13.8. The summed E-state index contributed by atoms with van der Waals surface area (Å²) in [6.07, 6.45) is -0.0700. The first-order valence-corrected chi connectivity index (χ1v) is 7.97. The van der Waals surface area contributed by atoms with Crippen molar-refractivity contribution in [2.45, 2.75) is 6.42 Å². The highest BCUT2D eigenvalue weighted by atomic mass is 16.6. The molecule has 6 nitrogen and oxygen atoms in total. The number of nitrogens with one attached hydrogen (secondary N) is 1.